The van der Waals surface area contributed by atoms with E-state index in [-0.39, 0.29) is 16.7 Å². The van der Waals surface area contributed by atoms with Crippen molar-refractivity contribution < 1.29 is 5.11 Å². The fourth-order valence-electron chi connectivity index (χ4n) is 2.67. The van der Waals surface area contributed by atoms with E-state index in [0.717, 1.165) is 29.6 Å². The largest absolute Gasteiger partial charge is 0.872 e. The van der Waals surface area contributed by atoms with Crippen LogP contribution in [0, 0.1) is 28.1 Å². The molecule has 0 unspecified atom stereocenters. The Morgan fingerprint density at radius 1 is 1.09 bits per heavy atom. The van der Waals surface area contributed by atoms with Crippen LogP contribution in [0.15, 0.2) is 53.1 Å². The van der Waals surface area contributed by atoms with Crippen molar-refractivity contribution in [3.8, 4) is 17.9 Å². The number of benzene rings is 1. The number of hydrogen-bond acceptors (Lipinski definition) is 3. The zero-order valence-electron chi connectivity index (χ0n) is 12.8. The first-order valence-corrected chi connectivity index (χ1v) is 7.12. The minimum absolute atomic E-state index is 0.00642. The normalized spacial score (nSPS) is 16.7. The summed E-state index contributed by atoms with van der Waals surface area (Å²) in [5, 5.41) is 29.2. The number of rotatable bonds is 2. The second-order valence-corrected chi connectivity index (χ2v) is 6.26. The van der Waals surface area contributed by atoms with Crippen molar-refractivity contribution in [3.05, 3.63) is 58.7 Å². The fraction of sp³-hybridized carbons (Fsp3) is 0.263. The van der Waals surface area contributed by atoms with Crippen LogP contribution in [0.5, 0.6) is 5.75 Å². The van der Waals surface area contributed by atoms with E-state index in [4.69, 9.17) is 10.5 Å². The summed E-state index contributed by atoms with van der Waals surface area (Å²) in [7, 11) is 0. The summed E-state index contributed by atoms with van der Waals surface area (Å²) in [6.45, 7) is 4.26. The zero-order valence-corrected chi connectivity index (χ0v) is 12.8. The van der Waals surface area contributed by atoms with E-state index < -0.39 is 0 Å². The van der Waals surface area contributed by atoms with Crippen LogP contribution in [-0.4, -0.2) is 0 Å². The summed E-state index contributed by atoms with van der Waals surface area (Å²) in [6, 6.07) is 10.6. The molecule has 2 rings (SSSR count). The standard InChI is InChI=1S/C19H18N2O/c1-19(2)10-15(9-16(11-19)17(12-20)13-21)4-3-14-5-7-18(22)8-6-14/h3-9,22H,10-11H2,1-2H3/p-1/b4-3+. The molecule has 0 radical (unpaired) electrons. The van der Waals surface area contributed by atoms with E-state index in [9.17, 15) is 5.11 Å². The third-order valence-corrected chi connectivity index (χ3v) is 3.63. The minimum atomic E-state index is -0.00642. The topological polar surface area (TPSA) is 70.6 Å². The highest BCUT2D eigenvalue weighted by atomic mass is 16.3. The predicted octanol–water partition coefficient (Wildman–Crippen LogP) is 3.86. The zero-order chi connectivity index (χ0) is 16.2. The average molecular weight is 289 g/mol. The van der Waals surface area contributed by atoms with E-state index in [2.05, 4.69) is 13.8 Å². The smallest absolute Gasteiger partial charge is 0.132 e. The molecular formula is C19H17N2O-. The highest BCUT2D eigenvalue weighted by Crippen LogP contribution is 2.39. The lowest BCUT2D eigenvalue weighted by molar-refractivity contribution is -0.268. The van der Waals surface area contributed by atoms with Crippen LogP contribution >= 0.6 is 0 Å². The Labute approximate surface area is 131 Å². The van der Waals surface area contributed by atoms with Gasteiger partial charge in [-0.1, -0.05) is 56.3 Å². The number of nitrogens with zero attached hydrogens (tertiary/aromatic N) is 2. The lowest BCUT2D eigenvalue weighted by atomic mass is 9.74. The first kappa shape index (κ1) is 15.6. The second kappa shape index (κ2) is 6.33. The first-order chi connectivity index (χ1) is 10.4. The van der Waals surface area contributed by atoms with Crippen LogP contribution in [0.1, 0.15) is 32.3 Å². The van der Waals surface area contributed by atoms with Gasteiger partial charge in [-0.25, -0.2) is 0 Å². The Bertz CT molecular complexity index is 719. The number of allylic oxidation sites excluding steroid dienone is 5. The Morgan fingerprint density at radius 2 is 1.73 bits per heavy atom. The fourth-order valence-corrected chi connectivity index (χ4v) is 2.67. The molecule has 1 aliphatic rings. The first-order valence-electron chi connectivity index (χ1n) is 7.12. The average Bonchev–Trinajstić information content (AvgIpc) is 2.46. The molecule has 1 aliphatic carbocycles. The van der Waals surface area contributed by atoms with Gasteiger partial charge in [0.25, 0.3) is 0 Å². The maximum absolute atomic E-state index is 11.1. The van der Waals surface area contributed by atoms with Crippen molar-refractivity contribution in [2.75, 3.05) is 0 Å². The Kier molecular flexibility index (Phi) is 4.49. The van der Waals surface area contributed by atoms with Crippen molar-refractivity contribution in [3.63, 3.8) is 0 Å². The van der Waals surface area contributed by atoms with Crippen molar-refractivity contribution in [2.24, 2.45) is 5.41 Å². The maximum Gasteiger partial charge on any atom is 0.132 e. The van der Waals surface area contributed by atoms with Gasteiger partial charge in [0.1, 0.15) is 17.7 Å². The Morgan fingerprint density at radius 3 is 2.32 bits per heavy atom. The molecule has 0 aliphatic heterocycles. The molecule has 0 spiro atoms. The van der Waals surface area contributed by atoms with E-state index in [1.165, 1.54) is 12.1 Å². The summed E-state index contributed by atoms with van der Waals surface area (Å²) in [5.74, 6) is -0.00642. The van der Waals surface area contributed by atoms with Gasteiger partial charge in [0.2, 0.25) is 0 Å². The van der Waals surface area contributed by atoms with Crippen LogP contribution in [0.4, 0.5) is 0 Å². The molecule has 110 valence electrons. The monoisotopic (exact) mass is 289 g/mol. The quantitative estimate of drug-likeness (QED) is 0.776. The lowest BCUT2D eigenvalue weighted by Crippen LogP contribution is -2.17. The molecule has 0 saturated heterocycles. The van der Waals surface area contributed by atoms with Gasteiger partial charge < -0.3 is 5.11 Å². The van der Waals surface area contributed by atoms with Gasteiger partial charge in [-0.05, 0) is 35.0 Å². The molecule has 0 atom stereocenters. The molecule has 1 aromatic carbocycles. The van der Waals surface area contributed by atoms with Crippen LogP contribution in [0.2, 0.25) is 0 Å². The summed E-state index contributed by atoms with van der Waals surface area (Å²) in [4.78, 5) is 0. The Hall–Kier alpha value is -2.78. The molecule has 3 nitrogen and oxygen atoms in total. The Balaban J connectivity index is 2.33. The molecule has 3 heteroatoms. The SMILES string of the molecule is CC1(C)CC(/C=C/c2ccc([O-])cc2)=CC(=C(C#N)C#N)C1. The van der Waals surface area contributed by atoms with Gasteiger partial charge in [-0.2, -0.15) is 10.5 Å². The maximum atomic E-state index is 11.1. The molecule has 0 amide bonds. The second-order valence-electron chi connectivity index (χ2n) is 6.26. The van der Waals surface area contributed by atoms with Crippen molar-refractivity contribution in [1.29, 1.82) is 10.5 Å². The molecule has 0 aromatic heterocycles. The molecule has 0 heterocycles. The van der Waals surface area contributed by atoms with Crippen LogP contribution in [0.25, 0.3) is 6.08 Å². The van der Waals surface area contributed by atoms with E-state index in [1.54, 1.807) is 12.1 Å². The van der Waals surface area contributed by atoms with Crippen molar-refractivity contribution >= 4 is 6.08 Å². The van der Waals surface area contributed by atoms with Crippen LogP contribution in [0.3, 0.4) is 0 Å². The van der Waals surface area contributed by atoms with E-state index in [1.807, 2.05) is 30.4 Å². The summed E-state index contributed by atoms with van der Waals surface area (Å²) < 4.78 is 0. The van der Waals surface area contributed by atoms with Crippen LogP contribution < -0.4 is 5.11 Å². The van der Waals surface area contributed by atoms with Crippen LogP contribution in [-0.2, 0) is 0 Å². The molecule has 0 N–H and O–H groups in total. The molecular weight excluding hydrogens is 272 g/mol. The van der Waals surface area contributed by atoms with Gasteiger partial charge >= 0.3 is 0 Å². The van der Waals surface area contributed by atoms with E-state index in [0.29, 0.717) is 0 Å². The summed E-state index contributed by atoms with van der Waals surface area (Å²) in [6.07, 6.45) is 7.49. The molecule has 0 saturated carbocycles. The summed E-state index contributed by atoms with van der Waals surface area (Å²) >= 11 is 0. The molecule has 1 aromatic rings. The third-order valence-electron chi connectivity index (χ3n) is 3.63. The van der Waals surface area contributed by atoms with Gasteiger partial charge in [-0.3, -0.25) is 0 Å². The van der Waals surface area contributed by atoms with Crippen molar-refractivity contribution in [2.45, 2.75) is 26.7 Å². The number of nitriles is 2. The summed E-state index contributed by atoms with van der Waals surface area (Å²) in [5.41, 5.74) is 3.04. The highest BCUT2D eigenvalue weighted by molar-refractivity contribution is 5.56. The van der Waals surface area contributed by atoms with E-state index >= 15 is 0 Å². The molecule has 0 bridgehead atoms. The molecule has 22 heavy (non-hydrogen) atoms. The van der Waals surface area contributed by atoms with Gasteiger partial charge in [0, 0.05) is 0 Å². The van der Waals surface area contributed by atoms with Gasteiger partial charge in [0.05, 0.1) is 0 Å². The number of hydrogen-bond donors (Lipinski definition) is 0. The third kappa shape index (κ3) is 3.87. The highest BCUT2D eigenvalue weighted by Gasteiger charge is 2.26. The van der Waals surface area contributed by atoms with Gasteiger partial charge in [0.15, 0.2) is 0 Å². The molecule has 0 fully saturated rings. The minimum Gasteiger partial charge on any atom is -0.872 e. The predicted molar refractivity (Wildman–Crippen MR) is 84.3 cm³/mol. The lowest BCUT2D eigenvalue weighted by Gasteiger charge is -2.30. The van der Waals surface area contributed by atoms with Gasteiger partial charge in [-0.15, -0.1) is 5.75 Å². The van der Waals surface area contributed by atoms with Crippen molar-refractivity contribution in [1.82, 2.24) is 0 Å².